The number of furan rings is 1. The van der Waals surface area contributed by atoms with Gasteiger partial charge in [-0.05, 0) is 66.5 Å². The molecule has 38 heavy (non-hydrogen) atoms. The molecule has 1 aliphatic heterocycles. The molecule has 2 amide bonds. The van der Waals surface area contributed by atoms with E-state index in [2.05, 4.69) is 0 Å². The number of hydrogen-bond donors (Lipinski definition) is 0. The zero-order chi connectivity index (χ0) is 27.6. The van der Waals surface area contributed by atoms with E-state index in [4.69, 9.17) is 23.6 Å². The minimum atomic E-state index is -0.582. The molecule has 0 saturated carbocycles. The van der Waals surface area contributed by atoms with Crippen LogP contribution in [0.5, 0.6) is 5.75 Å². The largest absolute Gasteiger partial charge is 0.490 e. The zero-order valence-corrected chi connectivity index (χ0v) is 23.5. The summed E-state index contributed by atoms with van der Waals surface area (Å²) in [6, 6.07) is 7.28. The monoisotopic (exact) mass is 525 g/mol. The Morgan fingerprint density at radius 3 is 2.66 bits per heavy atom. The van der Waals surface area contributed by atoms with Crippen LogP contribution in [0.25, 0.3) is 21.9 Å². The van der Waals surface area contributed by atoms with Crippen molar-refractivity contribution in [3.05, 3.63) is 35.7 Å². The van der Waals surface area contributed by atoms with Crippen LogP contribution < -0.4 is 4.74 Å². The number of hydrogen-bond acceptors (Lipinski definition) is 7. The smallest absolute Gasteiger partial charge is 0.410 e. The number of methoxy groups -OCH3 is 1. The van der Waals surface area contributed by atoms with Gasteiger partial charge < -0.3 is 28.4 Å². The summed E-state index contributed by atoms with van der Waals surface area (Å²) in [5, 5.41) is 1.68. The van der Waals surface area contributed by atoms with Crippen LogP contribution in [-0.4, -0.2) is 77.9 Å². The number of aryl methyl sites for hydroxylation is 1. The van der Waals surface area contributed by atoms with Crippen LogP contribution in [0.2, 0.25) is 0 Å². The summed E-state index contributed by atoms with van der Waals surface area (Å²) >= 11 is 0. The molecule has 1 fully saturated rings. The maximum absolute atomic E-state index is 14.1. The molecule has 9 nitrogen and oxygen atoms in total. The van der Waals surface area contributed by atoms with Crippen LogP contribution in [0.3, 0.4) is 0 Å². The van der Waals surface area contributed by atoms with Crippen molar-refractivity contribution in [1.82, 2.24) is 14.8 Å². The summed E-state index contributed by atoms with van der Waals surface area (Å²) < 4.78 is 22.8. The Balaban J connectivity index is 1.70. The Kier molecular flexibility index (Phi) is 8.16. The van der Waals surface area contributed by atoms with Crippen molar-refractivity contribution in [3.63, 3.8) is 0 Å². The molecule has 0 radical (unpaired) electrons. The van der Waals surface area contributed by atoms with Gasteiger partial charge in [-0.2, -0.15) is 0 Å². The summed E-state index contributed by atoms with van der Waals surface area (Å²) in [7, 11) is 1.61. The minimum Gasteiger partial charge on any atom is -0.490 e. The number of likely N-dealkylation sites (tertiary alicyclic amines) is 1. The number of rotatable bonds is 7. The van der Waals surface area contributed by atoms with Gasteiger partial charge in [0.15, 0.2) is 5.58 Å². The second-order valence-electron chi connectivity index (χ2n) is 11.1. The molecule has 3 heterocycles. The van der Waals surface area contributed by atoms with Crippen LogP contribution in [-0.2, 0) is 9.47 Å². The first kappa shape index (κ1) is 27.7. The second-order valence-corrected chi connectivity index (χ2v) is 11.1. The highest BCUT2D eigenvalue weighted by molar-refractivity contribution is 6.06. The Morgan fingerprint density at radius 2 is 1.97 bits per heavy atom. The molecular weight excluding hydrogens is 486 g/mol. The van der Waals surface area contributed by atoms with E-state index in [-0.39, 0.29) is 29.8 Å². The van der Waals surface area contributed by atoms with E-state index in [0.29, 0.717) is 43.2 Å². The predicted octanol–water partition coefficient (Wildman–Crippen LogP) is 5.56. The molecule has 0 spiro atoms. The van der Waals surface area contributed by atoms with E-state index in [1.54, 1.807) is 18.1 Å². The molecule has 4 rings (SSSR count). The van der Waals surface area contributed by atoms with Gasteiger partial charge >= 0.3 is 6.09 Å². The lowest BCUT2D eigenvalue weighted by atomic mass is 10.0. The van der Waals surface area contributed by atoms with Crippen LogP contribution in [0, 0.1) is 6.92 Å². The number of fused-ring (bicyclic) bond motifs is 3. The molecule has 9 heteroatoms. The zero-order valence-electron chi connectivity index (χ0n) is 23.5. The van der Waals surface area contributed by atoms with Crippen molar-refractivity contribution >= 4 is 33.9 Å². The van der Waals surface area contributed by atoms with Crippen LogP contribution in [0.4, 0.5) is 4.79 Å². The van der Waals surface area contributed by atoms with Gasteiger partial charge in [0.2, 0.25) is 0 Å². The maximum Gasteiger partial charge on any atom is 0.410 e. The average Bonchev–Trinajstić information content (AvgIpc) is 3.23. The first-order chi connectivity index (χ1) is 18.0. The highest BCUT2D eigenvalue weighted by atomic mass is 16.6. The van der Waals surface area contributed by atoms with Gasteiger partial charge in [0, 0.05) is 43.1 Å². The number of carbonyl (C=O) groups excluding carboxylic acids is 2. The third kappa shape index (κ3) is 6.04. The van der Waals surface area contributed by atoms with Crippen molar-refractivity contribution in [3.8, 4) is 5.75 Å². The molecule has 2 aromatic heterocycles. The van der Waals surface area contributed by atoms with Gasteiger partial charge in [-0.25, -0.2) is 9.78 Å². The van der Waals surface area contributed by atoms with Gasteiger partial charge in [0.25, 0.3) is 5.91 Å². The number of amides is 2. The Morgan fingerprint density at radius 1 is 1.21 bits per heavy atom. The van der Waals surface area contributed by atoms with E-state index in [1.807, 2.05) is 64.6 Å². The standard InChI is InChI=1S/C29H39N3O6/c1-18(2)32(21-9-8-12-31(17-21)28(34)38-29(4,5)6)27(33)23-16-24(36-14-13-35-7)22-11-10-20-15-19(3)37-26(20)25(22)30-23/h10-11,15-16,18,21H,8-9,12-14,17H2,1-7H3/t21-/m1/s1. The van der Waals surface area contributed by atoms with Gasteiger partial charge in [-0.15, -0.1) is 0 Å². The minimum absolute atomic E-state index is 0.108. The fraction of sp³-hybridized carbons (Fsp3) is 0.552. The van der Waals surface area contributed by atoms with E-state index in [9.17, 15) is 9.59 Å². The fourth-order valence-corrected chi connectivity index (χ4v) is 4.97. The highest BCUT2D eigenvalue weighted by Crippen LogP contribution is 2.34. The molecule has 0 N–H and O–H groups in total. The third-order valence-corrected chi connectivity index (χ3v) is 6.55. The SMILES string of the molecule is COCCOc1cc(C(=O)N(C(C)C)[C@@H]2CCCN(C(=O)OC(C)(C)C)C2)nc2c1ccc1cc(C)oc12. The van der Waals surface area contributed by atoms with E-state index < -0.39 is 5.60 Å². The molecule has 206 valence electrons. The third-order valence-electron chi connectivity index (χ3n) is 6.55. The first-order valence-corrected chi connectivity index (χ1v) is 13.2. The summed E-state index contributed by atoms with van der Waals surface area (Å²) in [6.07, 6.45) is 1.21. The number of ether oxygens (including phenoxy) is 3. The molecule has 0 bridgehead atoms. The number of benzene rings is 1. The maximum atomic E-state index is 14.1. The topological polar surface area (TPSA) is 94.3 Å². The van der Waals surface area contributed by atoms with Gasteiger partial charge in [0.1, 0.15) is 34.9 Å². The number of nitrogens with zero attached hydrogens (tertiary/aromatic N) is 3. The Bertz CT molecular complexity index is 1310. The van der Waals surface area contributed by atoms with Crippen molar-refractivity contribution in [2.75, 3.05) is 33.4 Å². The number of pyridine rings is 1. The van der Waals surface area contributed by atoms with Crippen molar-refractivity contribution in [2.45, 2.75) is 72.1 Å². The van der Waals surface area contributed by atoms with E-state index in [1.165, 1.54) is 0 Å². The predicted molar refractivity (Wildman–Crippen MR) is 146 cm³/mol. The first-order valence-electron chi connectivity index (χ1n) is 13.2. The quantitative estimate of drug-likeness (QED) is 0.373. The average molecular weight is 526 g/mol. The summed E-state index contributed by atoms with van der Waals surface area (Å²) in [6.45, 7) is 13.2. The van der Waals surface area contributed by atoms with Gasteiger partial charge in [0.05, 0.1) is 12.6 Å². The number of aromatic nitrogens is 1. The molecule has 3 aromatic rings. The summed E-state index contributed by atoms with van der Waals surface area (Å²) in [5.41, 5.74) is 0.892. The lowest BCUT2D eigenvalue weighted by Gasteiger charge is -2.41. The normalized spacial score (nSPS) is 16.3. The van der Waals surface area contributed by atoms with Crippen molar-refractivity contribution < 1.29 is 28.2 Å². The molecule has 1 aliphatic rings. The summed E-state index contributed by atoms with van der Waals surface area (Å²) in [4.78, 5) is 35.2. The molecular formula is C29H39N3O6. The van der Waals surface area contributed by atoms with Gasteiger partial charge in [-0.3, -0.25) is 4.79 Å². The summed E-state index contributed by atoms with van der Waals surface area (Å²) in [5.74, 6) is 1.10. The molecule has 1 atom stereocenters. The van der Waals surface area contributed by atoms with Crippen LogP contribution in [0.1, 0.15) is 63.7 Å². The van der Waals surface area contributed by atoms with Crippen LogP contribution in [0.15, 0.2) is 28.7 Å². The Hall–Kier alpha value is -3.33. The molecule has 1 aromatic carbocycles. The van der Waals surface area contributed by atoms with Crippen molar-refractivity contribution in [2.24, 2.45) is 0 Å². The second kappa shape index (κ2) is 11.2. The highest BCUT2D eigenvalue weighted by Gasteiger charge is 2.35. The molecule has 1 saturated heterocycles. The lowest BCUT2D eigenvalue weighted by Crippen LogP contribution is -2.54. The fourth-order valence-electron chi connectivity index (χ4n) is 4.97. The molecule has 0 unspecified atom stereocenters. The van der Waals surface area contributed by atoms with Crippen LogP contribution >= 0.6 is 0 Å². The van der Waals surface area contributed by atoms with Gasteiger partial charge in [-0.1, -0.05) is 6.07 Å². The number of carbonyl (C=O) groups is 2. The van der Waals surface area contributed by atoms with E-state index in [0.717, 1.165) is 29.4 Å². The lowest BCUT2D eigenvalue weighted by molar-refractivity contribution is 0.00742. The van der Waals surface area contributed by atoms with E-state index >= 15 is 0 Å². The Labute approximate surface area is 224 Å². The molecule has 0 aliphatic carbocycles. The van der Waals surface area contributed by atoms with Crippen molar-refractivity contribution in [1.29, 1.82) is 0 Å². The number of piperidine rings is 1.